The molecule has 8 aromatic carbocycles. The molecule has 4 heteroatoms. The topological polar surface area (TPSA) is 21.8 Å². The molecule has 0 radical (unpaired) electrons. The standard InChI is InChI=1S/C54H35N3O/c1-2-11-36(12-3-1)56-48-18-7-5-14-41(48)47-32-38(27-30-50(47)56)55(39-26-28-43-42-15-6-9-20-52(42)58-53(43)33-39)37-24-21-34(22-25-37)35-23-29-51-46(31-35)45-17-10-16-44-40-13-4-8-19-49(40)57(51)54(44)45/h1-32,53H,33H2. The van der Waals surface area contributed by atoms with Gasteiger partial charge in [0.2, 0.25) is 0 Å². The van der Waals surface area contributed by atoms with Crippen molar-refractivity contribution < 1.29 is 4.74 Å². The Balaban J connectivity index is 0.949. The lowest BCUT2D eigenvalue weighted by molar-refractivity contribution is 0.274. The van der Waals surface area contributed by atoms with Crippen molar-refractivity contribution in [2.75, 3.05) is 4.90 Å². The third-order valence-corrected chi connectivity index (χ3v) is 12.6. The van der Waals surface area contributed by atoms with E-state index in [9.17, 15) is 0 Å². The van der Waals surface area contributed by atoms with E-state index in [4.69, 9.17) is 4.74 Å². The molecule has 0 saturated carbocycles. The summed E-state index contributed by atoms with van der Waals surface area (Å²) in [7, 11) is 0. The van der Waals surface area contributed by atoms with Crippen molar-refractivity contribution in [2.45, 2.75) is 12.5 Å². The van der Waals surface area contributed by atoms with Crippen LogP contribution >= 0.6 is 0 Å². The fourth-order valence-corrected chi connectivity index (χ4v) is 10.0. The van der Waals surface area contributed by atoms with Crippen molar-refractivity contribution >= 4 is 76.8 Å². The van der Waals surface area contributed by atoms with Crippen molar-refractivity contribution in [1.82, 2.24) is 8.97 Å². The summed E-state index contributed by atoms with van der Waals surface area (Å²) in [6, 6.07) is 66.3. The largest absolute Gasteiger partial charge is 0.485 e. The lowest BCUT2D eigenvalue weighted by Gasteiger charge is -2.31. The molecule has 0 N–H and O–H groups in total. The molecule has 1 atom stereocenters. The minimum Gasteiger partial charge on any atom is -0.485 e. The van der Waals surface area contributed by atoms with Crippen LogP contribution < -0.4 is 9.64 Å². The summed E-state index contributed by atoms with van der Waals surface area (Å²) >= 11 is 0. The van der Waals surface area contributed by atoms with Gasteiger partial charge in [-0.05, 0) is 90.0 Å². The van der Waals surface area contributed by atoms with Gasteiger partial charge >= 0.3 is 0 Å². The van der Waals surface area contributed by atoms with Crippen molar-refractivity contribution in [3.8, 4) is 22.6 Å². The van der Waals surface area contributed by atoms with Gasteiger partial charge < -0.3 is 18.6 Å². The van der Waals surface area contributed by atoms with E-state index in [-0.39, 0.29) is 6.10 Å². The molecule has 0 spiro atoms. The van der Waals surface area contributed by atoms with Gasteiger partial charge in [-0.2, -0.15) is 0 Å². The Labute approximate surface area is 334 Å². The van der Waals surface area contributed by atoms with E-state index in [0.29, 0.717) is 0 Å². The highest BCUT2D eigenvalue weighted by Gasteiger charge is 2.33. The highest BCUT2D eigenvalue weighted by molar-refractivity contribution is 6.23. The molecule has 0 bridgehead atoms. The zero-order chi connectivity index (χ0) is 37.9. The van der Waals surface area contributed by atoms with Crippen LogP contribution in [0, 0.1) is 0 Å². The number of nitrogens with zero attached hydrogens (tertiary/aromatic N) is 3. The smallest absolute Gasteiger partial charge is 0.130 e. The Bertz CT molecular complexity index is 3510. The van der Waals surface area contributed by atoms with Crippen LogP contribution in [0.25, 0.3) is 82.3 Å². The van der Waals surface area contributed by atoms with E-state index in [0.717, 1.165) is 29.2 Å². The minimum absolute atomic E-state index is 0.0314. The quantitative estimate of drug-likeness (QED) is 0.175. The maximum Gasteiger partial charge on any atom is 0.130 e. The zero-order valence-corrected chi connectivity index (χ0v) is 31.5. The third-order valence-electron chi connectivity index (χ3n) is 12.6. The van der Waals surface area contributed by atoms with Crippen molar-refractivity contribution in [3.63, 3.8) is 0 Å². The van der Waals surface area contributed by atoms with Gasteiger partial charge in [0, 0.05) is 72.6 Å². The van der Waals surface area contributed by atoms with E-state index in [1.807, 2.05) is 0 Å². The predicted octanol–water partition coefficient (Wildman–Crippen LogP) is 13.9. The Morgan fingerprint density at radius 3 is 1.95 bits per heavy atom. The van der Waals surface area contributed by atoms with Gasteiger partial charge in [-0.15, -0.1) is 0 Å². The third kappa shape index (κ3) is 4.45. The predicted molar refractivity (Wildman–Crippen MR) is 241 cm³/mol. The van der Waals surface area contributed by atoms with Gasteiger partial charge in [0.25, 0.3) is 0 Å². The second-order valence-electron chi connectivity index (χ2n) is 15.6. The van der Waals surface area contributed by atoms with Gasteiger partial charge in [-0.1, -0.05) is 115 Å². The summed E-state index contributed by atoms with van der Waals surface area (Å²) in [6.07, 6.45) is 5.29. The Morgan fingerprint density at radius 2 is 1.09 bits per heavy atom. The summed E-state index contributed by atoms with van der Waals surface area (Å²) in [4.78, 5) is 2.43. The molecule has 3 aromatic heterocycles. The Kier molecular flexibility index (Phi) is 6.53. The molecule has 4 heterocycles. The van der Waals surface area contributed by atoms with Crippen molar-refractivity contribution in [1.29, 1.82) is 0 Å². The highest BCUT2D eigenvalue weighted by atomic mass is 16.5. The summed E-state index contributed by atoms with van der Waals surface area (Å²) in [5.41, 5.74) is 15.6. The van der Waals surface area contributed by atoms with E-state index in [2.05, 4.69) is 208 Å². The molecule has 13 rings (SSSR count). The first-order chi connectivity index (χ1) is 28.8. The molecular weight excluding hydrogens is 707 g/mol. The van der Waals surface area contributed by atoms with E-state index in [1.165, 1.54) is 87.9 Å². The monoisotopic (exact) mass is 741 g/mol. The average Bonchev–Trinajstić information content (AvgIpc) is 4.02. The first kappa shape index (κ1) is 31.6. The number of hydrogen-bond acceptors (Lipinski definition) is 2. The highest BCUT2D eigenvalue weighted by Crippen LogP contribution is 2.46. The van der Waals surface area contributed by atoms with Crippen LogP contribution in [-0.2, 0) is 0 Å². The molecule has 0 fully saturated rings. The normalized spacial score (nSPS) is 15.0. The molecule has 1 aliphatic carbocycles. The number of aromatic nitrogens is 2. The number of anilines is 2. The van der Waals surface area contributed by atoms with Gasteiger partial charge in [0.15, 0.2) is 0 Å². The van der Waals surface area contributed by atoms with Gasteiger partial charge in [0.1, 0.15) is 11.9 Å². The van der Waals surface area contributed by atoms with Crippen LogP contribution in [-0.4, -0.2) is 15.1 Å². The molecule has 4 nitrogen and oxygen atoms in total. The Morgan fingerprint density at radius 1 is 0.466 bits per heavy atom. The van der Waals surface area contributed by atoms with Gasteiger partial charge in [-0.25, -0.2) is 0 Å². The fourth-order valence-electron chi connectivity index (χ4n) is 10.0. The minimum atomic E-state index is -0.0314. The molecule has 1 unspecified atom stereocenters. The lowest BCUT2D eigenvalue weighted by Crippen LogP contribution is -2.24. The summed E-state index contributed by atoms with van der Waals surface area (Å²) in [5, 5.41) is 7.65. The number of allylic oxidation sites excluding steroid dienone is 2. The van der Waals surface area contributed by atoms with Crippen LogP contribution in [0.4, 0.5) is 11.4 Å². The summed E-state index contributed by atoms with van der Waals surface area (Å²) in [5.74, 6) is 0.964. The van der Waals surface area contributed by atoms with Crippen molar-refractivity contribution in [2.24, 2.45) is 0 Å². The fraction of sp³-hybridized carbons (Fsp3) is 0.0370. The molecule has 1 aliphatic heterocycles. The van der Waals surface area contributed by atoms with Crippen LogP contribution in [0.5, 0.6) is 5.75 Å². The summed E-state index contributed by atoms with van der Waals surface area (Å²) in [6.45, 7) is 0. The van der Waals surface area contributed by atoms with Gasteiger partial charge in [0.05, 0.1) is 27.6 Å². The van der Waals surface area contributed by atoms with Crippen LogP contribution in [0.1, 0.15) is 12.0 Å². The first-order valence-corrected chi connectivity index (χ1v) is 20.1. The molecule has 11 aromatic rings. The number of para-hydroxylation sites is 5. The number of benzene rings is 8. The second-order valence-corrected chi connectivity index (χ2v) is 15.6. The maximum absolute atomic E-state index is 6.58. The van der Waals surface area contributed by atoms with E-state index >= 15 is 0 Å². The number of hydrogen-bond donors (Lipinski definition) is 0. The molecule has 2 aliphatic rings. The molecule has 58 heavy (non-hydrogen) atoms. The van der Waals surface area contributed by atoms with E-state index in [1.54, 1.807) is 0 Å². The molecular formula is C54H35N3O. The zero-order valence-electron chi connectivity index (χ0n) is 31.5. The van der Waals surface area contributed by atoms with Crippen LogP contribution in [0.15, 0.2) is 200 Å². The number of rotatable bonds is 5. The number of ether oxygens (including phenoxy) is 1. The molecule has 0 amide bonds. The number of fused-ring (bicyclic) bond motifs is 12. The van der Waals surface area contributed by atoms with Crippen LogP contribution in [0.3, 0.4) is 0 Å². The lowest BCUT2D eigenvalue weighted by atomic mass is 9.94. The SMILES string of the molecule is C1=C2c3ccccc3OC2CC(N(c2ccc(-c3ccc4c(c3)c3cccc5c6ccccc6n4c53)cc2)c2ccc3c(c2)c2ccccc2n3-c2ccccc2)=C1. The second kappa shape index (κ2) is 12.0. The Hall–Kier alpha value is -7.56. The maximum atomic E-state index is 6.58. The first-order valence-electron chi connectivity index (χ1n) is 20.1. The van der Waals surface area contributed by atoms with Crippen LogP contribution in [0.2, 0.25) is 0 Å². The summed E-state index contributed by atoms with van der Waals surface area (Å²) < 4.78 is 11.4. The van der Waals surface area contributed by atoms with Gasteiger partial charge in [-0.3, -0.25) is 0 Å². The van der Waals surface area contributed by atoms with E-state index < -0.39 is 0 Å². The molecule has 272 valence electrons. The molecule has 0 saturated heterocycles. The average molecular weight is 742 g/mol. The van der Waals surface area contributed by atoms with Crippen molar-refractivity contribution in [3.05, 3.63) is 205 Å².